The maximum Gasteiger partial charge on any atom is 0.332 e. The largest absolute Gasteiger partial charge is 0.464 e. The molecule has 0 unspecified atom stereocenters. The van der Waals surface area contributed by atoms with Crippen LogP contribution in [0.25, 0.3) is 0 Å². The van der Waals surface area contributed by atoms with E-state index in [0.29, 0.717) is 59.5 Å². The lowest BCUT2D eigenvalue weighted by molar-refractivity contribution is -0.149. The van der Waals surface area contributed by atoms with Gasteiger partial charge in [-0.2, -0.15) is 8.42 Å². The molecule has 0 aliphatic carbocycles. The molecule has 0 aromatic carbocycles. The minimum absolute atomic E-state index is 0.00416. The molecule has 0 aromatic heterocycles. The molecule has 0 fully saturated rings. The van der Waals surface area contributed by atoms with Crippen molar-refractivity contribution in [3.63, 3.8) is 0 Å². The minimum Gasteiger partial charge on any atom is -0.464 e. The van der Waals surface area contributed by atoms with Crippen molar-refractivity contribution in [3.05, 3.63) is 0 Å². The summed E-state index contributed by atoms with van der Waals surface area (Å²) >= 11 is 0. The van der Waals surface area contributed by atoms with Crippen molar-refractivity contribution in [1.29, 1.82) is 0 Å². The average molecular weight is 402 g/mol. The van der Waals surface area contributed by atoms with Gasteiger partial charge in [0.25, 0.3) is 10.1 Å². The minimum atomic E-state index is -3.41. The Hall–Kier alpha value is -0.820. The second-order valence-corrected chi connectivity index (χ2v) is 6.48. The molecule has 0 amide bonds. The Bertz CT molecular complexity index is 426. The van der Waals surface area contributed by atoms with Gasteiger partial charge in [-0.3, -0.25) is 4.18 Å². The van der Waals surface area contributed by atoms with E-state index in [1.165, 1.54) is 0 Å². The normalized spacial score (nSPS) is 11.6. The number of esters is 1. The molecule has 10 nitrogen and oxygen atoms in total. The van der Waals surface area contributed by atoms with Gasteiger partial charge in [-0.1, -0.05) is 0 Å². The molecule has 0 spiro atoms. The summed E-state index contributed by atoms with van der Waals surface area (Å²) in [5.74, 6) is -0.386. The molecule has 26 heavy (non-hydrogen) atoms. The zero-order chi connectivity index (χ0) is 19.5. The Labute approximate surface area is 155 Å². The van der Waals surface area contributed by atoms with Crippen LogP contribution in [0.3, 0.4) is 0 Å². The van der Waals surface area contributed by atoms with Crippen LogP contribution in [-0.2, 0) is 47.5 Å². The molecule has 0 radical (unpaired) electrons. The van der Waals surface area contributed by atoms with Gasteiger partial charge < -0.3 is 28.4 Å². The van der Waals surface area contributed by atoms with Crippen LogP contribution in [0.1, 0.15) is 6.92 Å². The third-order valence-corrected chi connectivity index (χ3v) is 3.13. The summed E-state index contributed by atoms with van der Waals surface area (Å²) in [6.45, 7) is 5.32. The van der Waals surface area contributed by atoms with Crippen LogP contribution in [0.5, 0.6) is 0 Å². The van der Waals surface area contributed by atoms with Gasteiger partial charge in [0, 0.05) is 0 Å². The third-order valence-electron chi connectivity index (χ3n) is 2.54. The Balaban J connectivity index is 3.10. The van der Waals surface area contributed by atoms with Crippen LogP contribution >= 0.6 is 0 Å². The first kappa shape index (κ1) is 25.2. The number of hydrogen-bond donors (Lipinski definition) is 0. The maximum absolute atomic E-state index is 11.0. The summed E-state index contributed by atoms with van der Waals surface area (Å²) < 4.78 is 56.6. The molecule has 0 bridgehead atoms. The molecule has 0 saturated heterocycles. The van der Waals surface area contributed by atoms with Gasteiger partial charge in [-0.05, 0) is 6.92 Å². The molecule has 0 aliphatic heterocycles. The van der Waals surface area contributed by atoms with Crippen LogP contribution in [0.2, 0.25) is 0 Å². The number of hydrogen-bond acceptors (Lipinski definition) is 10. The van der Waals surface area contributed by atoms with E-state index in [1.807, 2.05) is 0 Å². The molecule has 156 valence electrons. The number of carbonyl (C=O) groups excluding carboxylic acids is 1. The van der Waals surface area contributed by atoms with Gasteiger partial charge >= 0.3 is 5.97 Å². The molecule has 0 N–H and O–H groups in total. The number of ether oxygens (including phenoxy) is 6. The predicted molar refractivity (Wildman–Crippen MR) is 91.5 cm³/mol. The van der Waals surface area contributed by atoms with E-state index in [4.69, 9.17) is 28.4 Å². The van der Waals surface area contributed by atoms with E-state index in [9.17, 15) is 13.2 Å². The molecule has 0 aromatic rings. The first-order chi connectivity index (χ1) is 12.5. The SMILES string of the molecule is CCOC(=O)COCCOCCOCCOCCOCCOS(C)(=O)=O. The molecule has 0 heterocycles. The van der Waals surface area contributed by atoms with Crippen molar-refractivity contribution in [3.8, 4) is 0 Å². The molecular formula is C15H30O10S. The van der Waals surface area contributed by atoms with E-state index >= 15 is 0 Å². The molecule has 0 atom stereocenters. The standard InChI is InChI=1S/C15H30O10S/c1-3-24-15(16)14-23-11-10-21-7-6-19-4-5-20-8-9-22-12-13-25-26(2,17)18/h3-14H2,1-2H3. The Kier molecular flexibility index (Phi) is 17.0. The quantitative estimate of drug-likeness (QED) is 0.161. The van der Waals surface area contributed by atoms with Crippen molar-refractivity contribution in [2.75, 3.05) is 85.5 Å². The van der Waals surface area contributed by atoms with Crippen LogP contribution in [-0.4, -0.2) is 99.9 Å². The summed E-state index contributed by atoms with van der Waals surface area (Å²) in [4.78, 5) is 11.0. The van der Waals surface area contributed by atoms with Gasteiger partial charge in [0.05, 0.1) is 78.9 Å². The van der Waals surface area contributed by atoms with E-state index in [1.54, 1.807) is 6.92 Å². The monoisotopic (exact) mass is 402 g/mol. The average Bonchev–Trinajstić information content (AvgIpc) is 2.57. The van der Waals surface area contributed by atoms with Crippen LogP contribution < -0.4 is 0 Å². The van der Waals surface area contributed by atoms with E-state index < -0.39 is 10.1 Å². The molecular weight excluding hydrogens is 372 g/mol. The molecule has 11 heteroatoms. The van der Waals surface area contributed by atoms with Crippen LogP contribution in [0.15, 0.2) is 0 Å². The van der Waals surface area contributed by atoms with Gasteiger partial charge in [0.1, 0.15) is 6.61 Å². The highest BCUT2D eigenvalue weighted by Gasteiger charge is 2.01. The maximum atomic E-state index is 11.0. The van der Waals surface area contributed by atoms with Crippen molar-refractivity contribution in [2.45, 2.75) is 6.92 Å². The molecule has 0 rings (SSSR count). The summed E-state index contributed by atoms with van der Waals surface area (Å²) in [6, 6.07) is 0. The summed E-state index contributed by atoms with van der Waals surface area (Å²) in [6.07, 6.45) is 0.987. The van der Waals surface area contributed by atoms with Crippen LogP contribution in [0, 0.1) is 0 Å². The van der Waals surface area contributed by atoms with Crippen molar-refractivity contribution in [2.24, 2.45) is 0 Å². The van der Waals surface area contributed by atoms with Gasteiger partial charge in [0.2, 0.25) is 0 Å². The molecule has 0 saturated carbocycles. The lowest BCUT2D eigenvalue weighted by Crippen LogP contribution is -2.16. The Morgan fingerprint density at radius 3 is 1.46 bits per heavy atom. The number of rotatable bonds is 19. The highest BCUT2D eigenvalue weighted by atomic mass is 32.2. The van der Waals surface area contributed by atoms with Gasteiger partial charge in [0.15, 0.2) is 0 Å². The lowest BCUT2D eigenvalue weighted by atomic mass is 10.6. The zero-order valence-electron chi connectivity index (χ0n) is 15.5. The third kappa shape index (κ3) is 21.2. The summed E-state index contributed by atoms with van der Waals surface area (Å²) in [7, 11) is -3.41. The summed E-state index contributed by atoms with van der Waals surface area (Å²) in [5.41, 5.74) is 0. The fraction of sp³-hybridized carbons (Fsp3) is 0.933. The van der Waals surface area contributed by atoms with Crippen molar-refractivity contribution >= 4 is 16.1 Å². The lowest BCUT2D eigenvalue weighted by Gasteiger charge is -2.08. The smallest absolute Gasteiger partial charge is 0.332 e. The van der Waals surface area contributed by atoms with Crippen molar-refractivity contribution < 1.29 is 45.8 Å². The van der Waals surface area contributed by atoms with Crippen molar-refractivity contribution in [1.82, 2.24) is 0 Å². The fourth-order valence-corrected chi connectivity index (χ4v) is 1.85. The second-order valence-electron chi connectivity index (χ2n) is 4.83. The Morgan fingerprint density at radius 2 is 1.08 bits per heavy atom. The first-order valence-corrected chi connectivity index (χ1v) is 10.2. The van der Waals surface area contributed by atoms with Gasteiger partial charge in [-0.15, -0.1) is 0 Å². The highest BCUT2D eigenvalue weighted by molar-refractivity contribution is 7.85. The molecule has 0 aliphatic rings. The second kappa shape index (κ2) is 17.6. The zero-order valence-corrected chi connectivity index (χ0v) is 16.3. The van der Waals surface area contributed by atoms with Crippen LogP contribution in [0.4, 0.5) is 0 Å². The van der Waals surface area contributed by atoms with E-state index in [0.717, 1.165) is 6.26 Å². The first-order valence-electron chi connectivity index (χ1n) is 8.34. The van der Waals surface area contributed by atoms with E-state index in [-0.39, 0.29) is 25.8 Å². The van der Waals surface area contributed by atoms with E-state index in [2.05, 4.69) is 4.18 Å². The topological polar surface area (TPSA) is 116 Å². The summed E-state index contributed by atoms with van der Waals surface area (Å²) in [5, 5.41) is 0. The Morgan fingerprint density at radius 1 is 0.692 bits per heavy atom. The predicted octanol–water partition coefficient (Wildman–Crippen LogP) is -0.391. The highest BCUT2D eigenvalue weighted by Crippen LogP contribution is 1.88. The fourth-order valence-electron chi connectivity index (χ4n) is 1.48. The number of carbonyl (C=O) groups is 1. The van der Waals surface area contributed by atoms with Gasteiger partial charge in [-0.25, -0.2) is 4.79 Å².